The highest BCUT2D eigenvalue weighted by Crippen LogP contribution is 2.27. The predicted molar refractivity (Wildman–Crippen MR) is 110 cm³/mol. The second-order valence-electron chi connectivity index (χ2n) is 7.34. The van der Waals surface area contributed by atoms with Gasteiger partial charge in [0.25, 0.3) is 0 Å². The Labute approximate surface area is 166 Å². The van der Waals surface area contributed by atoms with E-state index in [9.17, 15) is 8.42 Å². The van der Waals surface area contributed by atoms with Crippen LogP contribution in [0.5, 0.6) is 5.75 Å². The lowest BCUT2D eigenvalue weighted by Crippen LogP contribution is -2.36. The van der Waals surface area contributed by atoms with E-state index in [2.05, 4.69) is 34.9 Å². The molecule has 0 aliphatic carbocycles. The fraction of sp³-hybridized carbons (Fsp3) is 0.500. The highest BCUT2D eigenvalue weighted by molar-refractivity contribution is 7.89. The van der Waals surface area contributed by atoms with Crippen LogP contribution >= 0.6 is 11.3 Å². The number of ether oxygens (including phenoxy) is 1. The minimum absolute atomic E-state index is 0.0853. The summed E-state index contributed by atoms with van der Waals surface area (Å²) in [4.78, 5) is 2.64. The maximum Gasteiger partial charge on any atom is 0.240 e. The van der Waals surface area contributed by atoms with Crippen molar-refractivity contribution in [2.45, 2.75) is 37.6 Å². The summed E-state index contributed by atoms with van der Waals surface area (Å²) in [6.45, 7) is 7.18. The van der Waals surface area contributed by atoms with Gasteiger partial charge in [-0.2, -0.15) is 11.3 Å². The monoisotopic (exact) mass is 408 g/mol. The maximum absolute atomic E-state index is 12.7. The second kappa shape index (κ2) is 9.19. The Morgan fingerprint density at radius 3 is 2.44 bits per heavy atom. The molecule has 148 valence electrons. The average Bonchev–Trinajstić information content (AvgIpc) is 3.35. The van der Waals surface area contributed by atoms with E-state index >= 15 is 0 Å². The van der Waals surface area contributed by atoms with E-state index in [1.165, 1.54) is 18.4 Å². The van der Waals surface area contributed by atoms with Crippen molar-refractivity contribution in [1.82, 2.24) is 9.62 Å². The summed E-state index contributed by atoms with van der Waals surface area (Å²) in [5.41, 5.74) is 1.18. The Morgan fingerprint density at radius 2 is 1.85 bits per heavy atom. The molecule has 1 aromatic heterocycles. The molecular weight excluding hydrogens is 380 g/mol. The fourth-order valence-corrected chi connectivity index (χ4v) is 4.97. The minimum Gasteiger partial charge on any atom is -0.493 e. The molecule has 1 atom stereocenters. The van der Waals surface area contributed by atoms with Crippen molar-refractivity contribution in [2.24, 2.45) is 5.92 Å². The SMILES string of the molecule is CC(C)COc1ccc(S(=O)(=O)NCC(c2ccsc2)N2CCCC2)cc1. The summed E-state index contributed by atoms with van der Waals surface area (Å²) in [6.07, 6.45) is 2.34. The highest BCUT2D eigenvalue weighted by atomic mass is 32.2. The average molecular weight is 409 g/mol. The van der Waals surface area contributed by atoms with Gasteiger partial charge in [0.1, 0.15) is 5.75 Å². The quantitative estimate of drug-likeness (QED) is 0.684. The van der Waals surface area contributed by atoms with E-state index < -0.39 is 10.0 Å². The zero-order valence-electron chi connectivity index (χ0n) is 15.9. The standard InChI is InChI=1S/C20H28N2O3S2/c1-16(2)14-25-18-5-7-19(8-6-18)27(23,24)21-13-20(17-9-12-26-15-17)22-10-3-4-11-22/h5-9,12,15-16,20-21H,3-4,10-11,13-14H2,1-2H3. The highest BCUT2D eigenvalue weighted by Gasteiger charge is 2.26. The number of thiophene rings is 1. The Bertz CT molecular complexity index is 796. The number of hydrogen-bond acceptors (Lipinski definition) is 5. The van der Waals surface area contributed by atoms with Crippen molar-refractivity contribution in [1.29, 1.82) is 0 Å². The van der Waals surface area contributed by atoms with E-state index in [1.54, 1.807) is 35.6 Å². The maximum atomic E-state index is 12.7. The molecule has 1 N–H and O–H groups in total. The van der Waals surface area contributed by atoms with Crippen molar-refractivity contribution in [3.63, 3.8) is 0 Å². The van der Waals surface area contributed by atoms with Gasteiger partial charge >= 0.3 is 0 Å². The van der Waals surface area contributed by atoms with E-state index in [0.29, 0.717) is 24.8 Å². The minimum atomic E-state index is -3.55. The normalized spacial score (nSPS) is 16.7. The molecule has 1 unspecified atom stereocenters. The Morgan fingerprint density at radius 1 is 1.15 bits per heavy atom. The van der Waals surface area contributed by atoms with Crippen molar-refractivity contribution >= 4 is 21.4 Å². The first-order chi connectivity index (χ1) is 13.0. The summed E-state index contributed by atoms with van der Waals surface area (Å²) < 4.78 is 33.9. The molecule has 3 rings (SSSR count). The van der Waals surface area contributed by atoms with Gasteiger partial charge in [-0.25, -0.2) is 13.1 Å². The fourth-order valence-electron chi connectivity index (χ4n) is 3.23. The van der Waals surface area contributed by atoms with Crippen LogP contribution in [0, 0.1) is 5.92 Å². The molecule has 0 saturated carbocycles. The lowest BCUT2D eigenvalue weighted by Gasteiger charge is -2.27. The van der Waals surface area contributed by atoms with Crippen LogP contribution in [0.4, 0.5) is 0 Å². The third-order valence-electron chi connectivity index (χ3n) is 4.69. The number of hydrogen-bond donors (Lipinski definition) is 1. The Hall–Kier alpha value is -1.41. The van der Waals surface area contributed by atoms with Gasteiger partial charge in [-0.05, 0) is 78.5 Å². The first-order valence-electron chi connectivity index (χ1n) is 9.44. The zero-order valence-corrected chi connectivity index (χ0v) is 17.6. The van der Waals surface area contributed by atoms with Crippen molar-refractivity contribution in [3.8, 4) is 5.75 Å². The van der Waals surface area contributed by atoms with Gasteiger partial charge in [-0.3, -0.25) is 4.90 Å². The van der Waals surface area contributed by atoms with Crippen LogP contribution in [0.2, 0.25) is 0 Å². The van der Waals surface area contributed by atoms with Gasteiger partial charge in [0.05, 0.1) is 11.5 Å². The first-order valence-corrected chi connectivity index (χ1v) is 11.9. The van der Waals surface area contributed by atoms with Gasteiger partial charge in [0, 0.05) is 12.6 Å². The number of nitrogens with zero attached hydrogens (tertiary/aromatic N) is 1. The number of rotatable bonds is 9. The van der Waals surface area contributed by atoms with Gasteiger partial charge in [0.15, 0.2) is 0 Å². The third-order valence-corrected chi connectivity index (χ3v) is 6.83. The first kappa shape index (κ1) is 20.3. The van der Waals surface area contributed by atoms with Crippen molar-refractivity contribution < 1.29 is 13.2 Å². The Balaban J connectivity index is 1.66. The molecular formula is C20H28N2O3S2. The number of sulfonamides is 1. The van der Waals surface area contributed by atoms with Crippen LogP contribution in [-0.2, 0) is 10.0 Å². The molecule has 1 saturated heterocycles. The van der Waals surface area contributed by atoms with E-state index in [1.807, 2.05) is 5.38 Å². The molecule has 7 heteroatoms. The summed E-state index contributed by atoms with van der Waals surface area (Å²) in [5, 5.41) is 4.15. The Kier molecular flexibility index (Phi) is 6.92. The molecule has 1 aromatic carbocycles. The summed E-state index contributed by atoms with van der Waals surface area (Å²) in [5.74, 6) is 1.12. The molecule has 27 heavy (non-hydrogen) atoms. The lowest BCUT2D eigenvalue weighted by atomic mass is 10.1. The molecule has 0 amide bonds. The van der Waals surface area contributed by atoms with E-state index in [0.717, 1.165) is 13.1 Å². The van der Waals surface area contributed by atoms with E-state index in [4.69, 9.17) is 4.74 Å². The van der Waals surface area contributed by atoms with Crippen LogP contribution in [0.25, 0.3) is 0 Å². The van der Waals surface area contributed by atoms with Crippen LogP contribution in [-0.4, -0.2) is 39.6 Å². The van der Waals surface area contributed by atoms with Gasteiger partial charge in [0.2, 0.25) is 10.0 Å². The summed E-state index contributed by atoms with van der Waals surface area (Å²) >= 11 is 1.65. The molecule has 0 bridgehead atoms. The molecule has 1 aliphatic rings. The van der Waals surface area contributed by atoms with E-state index in [-0.39, 0.29) is 10.9 Å². The lowest BCUT2D eigenvalue weighted by molar-refractivity contribution is 0.247. The molecule has 0 spiro atoms. The smallest absolute Gasteiger partial charge is 0.240 e. The summed E-state index contributed by atoms with van der Waals surface area (Å²) in [7, 11) is -3.55. The molecule has 5 nitrogen and oxygen atoms in total. The van der Waals surface area contributed by atoms with Crippen LogP contribution in [0.3, 0.4) is 0 Å². The number of benzene rings is 1. The van der Waals surface area contributed by atoms with Gasteiger partial charge < -0.3 is 4.74 Å². The van der Waals surface area contributed by atoms with Crippen LogP contribution < -0.4 is 9.46 Å². The molecule has 1 fully saturated rings. The molecule has 2 aromatic rings. The van der Waals surface area contributed by atoms with Gasteiger partial charge in [-0.1, -0.05) is 13.8 Å². The zero-order chi connectivity index (χ0) is 19.3. The largest absolute Gasteiger partial charge is 0.493 e. The topological polar surface area (TPSA) is 58.6 Å². The second-order valence-corrected chi connectivity index (χ2v) is 9.89. The number of likely N-dealkylation sites (tertiary alicyclic amines) is 1. The van der Waals surface area contributed by atoms with Gasteiger partial charge in [-0.15, -0.1) is 0 Å². The molecule has 0 radical (unpaired) electrons. The van der Waals surface area contributed by atoms with Crippen molar-refractivity contribution in [3.05, 3.63) is 46.7 Å². The van der Waals surface area contributed by atoms with Crippen LogP contribution in [0.1, 0.15) is 38.3 Å². The summed E-state index contributed by atoms with van der Waals surface area (Å²) in [6, 6.07) is 8.81. The van der Waals surface area contributed by atoms with Crippen LogP contribution in [0.15, 0.2) is 46.0 Å². The number of nitrogens with one attached hydrogen (secondary N) is 1. The third kappa shape index (κ3) is 5.54. The predicted octanol–water partition coefficient (Wildman–Crippen LogP) is 3.90. The molecule has 1 aliphatic heterocycles. The van der Waals surface area contributed by atoms with Crippen molar-refractivity contribution in [2.75, 3.05) is 26.2 Å². The molecule has 2 heterocycles.